The van der Waals surface area contributed by atoms with E-state index in [-0.39, 0.29) is 5.76 Å². The summed E-state index contributed by atoms with van der Waals surface area (Å²) < 4.78 is 10.8. The first-order chi connectivity index (χ1) is 10.2. The monoisotopic (exact) mass is 291 g/mol. The lowest BCUT2D eigenvalue weighted by atomic mass is 10.1. The summed E-state index contributed by atoms with van der Waals surface area (Å²) in [6.07, 6.45) is 0. The molecule has 0 radical (unpaired) electrons. The van der Waals surface area contributed by atoms with Gasteiger partial charge in [0.25, 0.3) is 0 Å². The largest absolute Gasteiger partial charge is 0.475 e. The number of nitrogens with zero attached hydrogens (tertiary/aromatic N) is 1. The van der Waals surface area contributed by atoms with E-state index in [0.717, 1.165) is 24.0 Å². The first-order valence-electron chi connectivity index (χ1n) is 7.21. The highest BCUT2D eigenvalue weighted by Crippen LogP contribution is 2.27. The molecular formula is C16H21NO4. The van der Waals surface area contributed by atoms with E-state index in [1.165, 1.54) is 0 Å². The van der Waals surface area contributed by atoms with Crippen molar-refractivity contribution in [3.63, 3.8) is 0 Å². The highest BCUT2D eigenvalue weighted by Gasteiger charge is 2.21. The molecule has 0 saturated heterocycles. The Balaban J connectivity index is 2.26. The first-order valence-corrected chi connectivity index (χ1v) is 7.21. The van der Waals surface area contributed by atoms with E-state index in [1.54, 1.807) is 6.07 Å². The summed E-state index contributed by atoms with van der Waals surface area (Å²) in [6, 6.07) is 7.43. The van der Waals surface area contributed by atoms with Crippen molar-refractivity contribution in [3.05, 3.63) is 35.6 Å². The zero-order valence-corrected chi connectivity index (χ0v) is 12.5. The summed E-state index contributed by atoms with van der Waals surface area (Å²) in [5, 5.41) is 10.2. The van der Waals surface area contributed by atoms with Crippen LogP contribution >= 0.6 is 0 Å². The van der Waals surface area contributed by atoms with Gasteiger partial charge >= 0.3 is 5.97 Å². The van der Waals surface area contributed by atoms with Crippen LogP contribution in [0.2, 0.25) is 0 Å². The second kappa shape index (κ2) is 7.24. The third kappa shape index (κ3) is 3.62. The number of hydrogen-bond acceptors (Lipinski definition) is 4. The van der Waals surface area contributed by atoms with Crippen molar-refractivity contribution in [2.45, 2.75) is 20.4 Å². The van der Waals surface area contributed by atoms with Gasteiger partial charge < -0.3 is 14.3 Å². The van der Waals surface area contributed by atoms with Gasteiger partial charge in [-0.25, -0.2) is 4.79 Å². The maximum Gasteiger partial charge on any atom is 0.372 e. The van der Waals surface area contributed by atoms with Crippen molar-refractivity contribution in [1.82, 2.24) is 4.90 Å². The van der Waals surface area contributed by atoms with Crippen molar-refractivity contribution in [2.24, 2.45) is 0 Å². The summed E-state index contributed by atoms with van der Waals surface area (Å²) in [6.45, 7) is 7.48. The van der Waals surface area contributed by atoms with Crippen molar-refractivity contribution in [1.29, 1.82) is 0 Å². The predicted molar refractivity (Wildman–Crippen MR) is 80.6 cm³/mol. The minimum atomic E-state index is -1.03. The summed E-state index contributed by atoms with van der Waals surface area (Å²) in [4.78, 5) is 13.5. The molecule has 21 heavy (non-hydrogen) atoms. The number of benzene rings is 1. The Hall–Kier alpha value is -1.85. The van der Waals surface area contributed by atoms with Crippen molar-refractivity contribution in [3.8, 4) is 0 Å². The highest BCUT2D eigenvalue weighted by atomic mass is 16.5. The van der Waals surface area contributed by atoms with E-state index in [0.29, 0.717) is 25.3 Å². The number of furan rings is 1. The molecule has 0 bridgehead atoms. The Kier molecular flexibility index (Phi) is 5.36. The topological polar surface area (TPSA) is 62.9 Å². The lowest BCUT2D eigenvalue weighted by Crippen LogP contribution is -2.27. The third-order valence-corrected chi connectivity index (χ3v) is 3.48. The molecule has 1 aromatic heterocycles. The van der Waals surface area contributed by atoms with Gasteiger partial charge in [0.1, 0.15) is 5.58 Å². The molecule has 2 aromatic rings. The second-order valence-corrected chi connectivity index (χ2v) is 4.78. The minimum Gasteiger partial charge on any atom is -0.475 e. The Bertz CT molecular complexity index is 605. The maximum atomic E-state index is 11.4. The SMILES string of the molecule is CCOCCN(CC)Cc1c(C(=O)O)oc2ccccc12. The number of para-hydroxylation sites is 1. The number of carbonyl (C=O) groups is 1. The molecule has 0 unspecified atom stereocenters. The van der Waals surface area contributed by atoms with Gasteiger partial charge in [0.2, 0.25) is 5.76 Å². The summed E-state index contributed by atoms with van der Waals surface area (Å²) in [5.74, 6) is -0.992. The number of rotatable bonds is 8. The molecule has 0 amide bonds. The minimum absolute atomic E-state index is 0.0334. The van der Waals surface area contributed by atoms with Gasteiger partial charge in [0.05, 0.1) is 6.61 Å². The van der Waals surface area contributed by atoms with Crippen LogP contribution < -0.4 is 0 Å². The van der Waals surface area contributed by atoms with Gasteiger partial charge in [-0.3, -0.25) is 4.90 Å². The van der Waals surface area contributed by atoms with Gasteiger partial charge in [-0.2, -0.15) is 0 Å². The van der Waals surface area contributed by atoms with Crippen LogP contribution in [0.1, 0.15) is 30.0 Å². The zero-order valence-electron chi connectivity index (χ0n) is 12.5. The number of fused-ring (bicyclic) bond motifs is 1. The number of carboxylic acids is 1. The molecule has 0 spiro atoms. The fourth-order valence-electron chi connectivity index (χ4n) is 2.34. The van der Waals surface area contributed by atoms with E-state index in [1.807, 2.05) is 25.1 Å². The Morgan fingerprint density at radius 1 is 1.33 bits per heavy atom. The van der Waals surface area contributed by atoms with E-state index in [9.17, 15) is 9.90 Å². The Labute approximate surface area is 124 Å². The van der Waals surface area contributed by atoms with Crippen LogP contribution in [-0.2, 0) is 11.3 Å². The Morgan fingerprint density at radius 3 is 2.76 bits per heavy atom. The summed E-state index contributed by atoms with van der Waals surface area (Å²) in [5.41, 5.74) is 1.35. The number of ether oxygens (including phenoxy) is 1. The van der Waals surface area contributed by atoms with Gasteiger partial charge in [0, 0.05) is 30.6 Å². The molecule has 1 N–H and O–H groups in total. The van der Waals surface area contributed by atoms with Crippen LogP contribution in [0.4, 0.5) is 0 Å². The molecule has 0 aliphatic heterocycles. The zero-order chi connectivity index (χ0) is 15.2. The van der Waals surface area contributed by atoms with Gasteiger partial charge in [-0.15, -0.1) is 0 Å². The molecule has 0 saturated carbocycles. The summed E-state index contributed by atoms with van der Waals surface area (Å²) in [7, 11) is 0. The fourth-order valence-corrected chi connectivity index (χ4v) is 2.34. The molecular weight excluding hydrogens is 270 g/mol. The standard InChI is InChI=1S/C16H21NO4/c1-3-17(9-10-20-4-2)11-13-12-7-5-6-8-14(12)21-15(13)16(18)19/h5-8H,3-4,9-11H2,1-2H3,(H,18,19). The highest BCUT2D eigenvalue weighted by molar-refractivity contribution is 5.95. The molecule has 5 nitrogen and oxygen atoms in total. The van der Waals surface area contributed by atoms with Gasteiger partial charge in [-0.1, -0.05) is 25.1 Å². The van der Waals surface area contributed by atoms with Crippen LogP contribution in [0.5, 0.6) is 0 Å². The molecule has 0 aliphatic rings. The van der Waals surface area contributed by atoms with Crippen LogP contribution in [0.25, 0.3) is 11.0 Å². The molecule has 2 rings (SSSR count). The van der Waals surface area contributed by atoms with E-state index >= 15 is 0 Å². The average Bonchev–Trinajstić information content (AvgIpc) is 2.85. The lowest BCUT2D eigenvalue weighted by Gasteiger charge is -2.19. The smallest absolute Gasteiger partial charge is 0.372 e. The van der Waals surface area contributed by atoms with E-state index in [4.69, 9.17) is 9.15 Å². The maximum absolute atomic E-state index is 11.4. The van der Waals surface area contributed by atoms with Gasteiger partial charge in [-0.05, 0) is 19.5 Å². The summed E-state index contributed by atoms with van der Waals surface area (Å²) >= 11 is 0. The molecule has 1 aromatic carbocycles. The van der Waals surface area contributed by atoms with Crippen LogP contribution in [0.3, 0.4) is 0 Å². The van der Waals surface area contributed by atoms with Crippen molar-refractivity contribution >= 4 is 16.9 Å². The van der Waals surface area contributed by atoms with Crippen molar-refractivity contribution < 1.29 is 19.1 Å². The van der Waals surface area contributed by atoms with Crippen LogP contribution in [0.15, 0.2) is 28.7 Å². The van der Waals surface area contributed by atoms with Crippen LogP contribution in [-0.4, -0.2) is 42.3 Å². The van der Waals surface area contributed by atoms with Crippen molar-refractivity contribution in [2.75, 3.05) is 26.3 Å². The number of hydrogen-bond donors (Lipinski definition) is 1. The first kappa shape index (κ1) is 15.5. The number of carboxylic acid groups (broad SMARTS) is 1. The number of likely N-dealkylation sites (N-methyl/N-ethyl adjacent to an activating group) is 1. The number of aromatic carboxylic acids is 1. The molecule has 5 heteroatoms. The van der Waals surface area contributed by atoms with E-state index < -0.39 is 5.97 Å². The van der Waals surface area contributed by atoms with Crippen LogP contribution in [0, 0.1) is 0 Å². The quantitative estimate of drug-likeness (QED) is 0.757. The third-order valence-electron chi connectivity index (χ3n) is 3.48. The fraction of sp³-hybridized carbons (Fsp3) is 0.438. The molecule has 0 fully saturated rings. The normalized spacial score (nSPS) is 11.4. The molecule has 0 atom stereocenters. The molecule has 114 valence electrons. The molecule has 1 heterocycles. The second-order valence-electron chi connectivity index (χ2n) is 4.78. The molecule has 0 aliphatic carbocycles. The lowest BCUT2D eigenvalue weighted by molar-refractivity contribution is 0.0660. The predicted octanol–water partition coefficient (Wildman–Crippen LogP) is 2.99. The average molecular weight is 291 g/mol. The van der Waals surface area contributed by atoms with E-state index in [2.05, 4.69) is 11.8 Å². The van der Waals surface area contributed by atoms with Gasteiger partial charge in [0.15, 0.2) is 0 Å². The Morgan fingerprint density at radius 2 is 2.10 bits per heavy atom.